The number of benzene rings is 2. The Kier molecular flexibility index (Phi) is 5.33. The second-order valence-corrected chi connectivity index (χ2v) is 5.43. The van der Waals surface area contributed by atoms with Gasteiger partial charge in [0.15, 0.2) is 0 Å². The van der Waals surface area contributed by atoms with Crippen molar-refractivity contribution in [2.75, 3.05) is 0 Å². The van der Waals surface area contributed by atoms with Crippen molar-refractivity contribution in [2.24, 2.45) is 5.84 Å². The van der Waals surface area contributed by atoms with Crippen LogP contribution in [-0.4, -0.2) is 6.04 Å². The highest BCUT2D eigenvalue weighted by molar-refractivity contribution is 5.25. The number of hydrogen-bond donors (Lipinski definition) is 2. The Hall–Kier alpha value is -1.64. The lowest BCUT2D eigenvalue weighted by Gasteiger charge is -2.16. The first-order valence-corrected chi connectivity index (χ1v) is 7.30. The van der Waals surface area contributed by atoms with Crippen LogP contribution >= 0.6 is 0 Å². The Labute approximate surface area is 122 Å². The second-order valence-electron chi connectivity index (χ2n) is 5.43. The summed E-state index contributed by atoms with van der Waals surface area (Å²) in [7, 11) is 0. The van der Waals surface area contributed by atoms with E-state index in [1.165, 1.54) is 22.3 Å². The molecule has 0 aliphatic rings. The third-order valence-corrected chi connectivity index (χ3v) is 3.71. The average molecular weight is 268 g/mol. The van der Waals surface area contributed by atoms with E-state index in [4.69, 9.17) is 5.84 Å². The predicted octanol–water partition coefficient (Wildman–Crippen LogP) is 3.17. The van der Waals surface area contributed by atoms with Gasteiger partial charge in [-0.1, -0.05) is 61.0 Å². The normalized spacial score (nSPS) is 12.3. The number of aryl methyl sites for hydroxylation is 2. The highest BCUT2D eigenvalue weighted by Gasteiger charge is 2.09. The summed E-state index contributed by atoms with van der Waals surface area (Å²) in [6.45, 7) is 4.30. The number of hydrogen-bond acceptors (Lipinski definition) is 2. The molecule has 2 rings (SSSR count). The van der Waals surface area contributed by atoms with Crippen molar-refractivity contribution >= 4 is 0 Å². The van der Waals surface area contributed by atoms with Crippen LogP contribution in [0.15, 0.2) is 48.5 Å². The highest BCUT2D eigenvalue weighted by Crippen LogP contribution is 2.12. The molecule has 0 fully saturated rings. The molecule has 0 saturated carbocycles. The molecule has 0 spiro atoms. The maximum absolute atomic E-state index is 5.71. The molecular weight excluding hydrogens is 244 g/mol. The van der Waals surface area contributed by atoms with Gasteiger partial charge < -0.3 is 0 Å². The minimum Gasteiger partial charge on any atom is -0.271 e. The molecule has 1 atom stereocenters. The Bertz CT molecular complexity index is 531. The van der Waals surface area contributed by atoms with Gasteiger partial charge >= 0.3 is 0 Å². The second kappa shape index (κ2) is 7.22. The van der Waals surface area contributed by atoms with E-state index in [1.54, 1.807) is 0 Å². The molecule has 0 bridgehead atoms. The molecule has 2 aromatic carbocycles. The van der Waals surface area contributed by atoms with Crippen molar-refractivity contribution in [3.63, 3.8) is 0 Å². The summed E-state index contributed by atoms with van der Waals surface area (Å²) in [5.74, 6) is 5.71. The van der Waals surface area contributed by atoms with Gasteiger partial charge in [-0.25, -0.2) is 0 Å². The molecule has 0 heterocycles. The monoisotopic (exact) mass is 268 g/mol. The molecule has 0 radical (unpaired) electrons. The van der Waals surface area contributed by atoms with Crippen molar-refractivity contribution < 1.29 is 0 Å². The summed E-state index contributed by atoms with van der Waals surface area (Å²) in [6.07, 6.45) is 2.99. The standard InChI is InChI=1S/C18H24N2/c1-3-15-7-9-16(10-8-15)12-18(20-19)13-17-6-4-5-14(2)11-17/h4-11,18,20H,3,12-13,19H2,1-2H3. The van der Waals surface area contributed by atoms with Crippen LogP contribution in [-0.2, 0) is 19.3 Å². The van der Waals surface area contributed by atoms with Gasteiger partial charge in [0.05, 0.1) is 0 Å². The lowest BCUT2D eigenvalue weighted by Crippen LogP contribution is -2.38. The van der Waals surface area contributed by atoms with Crippen LogP contribution in [0.3, 0.4) is 0 Å². The molecule has 20 heavy (non-hydrogen) atoms. The first-order chi connectivity index (χ1) is 9.71. The molecule has 2 aromatic rings. The van der Waals surface area contributed by atoms with Crippen molar-refractivity contribution in [3.05, 3.63) is 70.8 Å². The first-order valence-electron chi connectivity index (χ1n) is 7.30. The summed E-state index contributed by atoms with van der Waals surface area (Å²) in [4.78, 5) is 0. The number of nitrogens with two attached hydrogens (primary N) is 1. The minimum atomic E-state index is 0.268. The van der Waals surface area contributed by atoms with Gasteiger partial charge in [0.1, 0.15) is 0 Å². The molecule has 0 amide bonds. The summed E-state index contributed by atoms with van der Waals surface area (Å²) >= 11 is 0. The number of nitrogens with one attached hydrogen (secondary N) is 1. The number of hydrazine groups is 1. The molecule has 2 heteroatoms. The Balaban J connectivity index is 2.01. The van der Waals surface area contributed by atoms with Gasteiger partial charge in [-0.2, -0.15) is 0 Å². The van der Waals surface area contributed by atoms with Crippen LogP contribution in [0, 0.1) is 6.92 Å². The fourth-order valence-electron chi connectivity index (χ4n) is 2.51. The van der Waals surface area contributed by atoms with Crippen LogP contribution in [0.1, 0.15) is 29.2 Å². The van der Waals surface area contributed by atoms with E-state index in [1.807, 2.05) is 0 Å². The van der Waals surface area contributed by atoms with E-state index in [2.05, 4.69) is 67.8 Å². The Morgan fingerprint density at radius 2 is 1.60 bits per heavy atom. The van der Waals surface area contributed by atoms with E-state index in [-0.39, 0.29) is 6.04 Å². The van der Waals surface area contributed by atoms with Crippen molar-refractivity contribution in [1.29, 1.82) is 0 Å². The lowest BCUT2D eigenvalue weighted by atomic mass is 9.98. The van der Waals surface area contributed by atoms with Crippen LogP contribution in [0.4, 0.5) is 0 Å². The fourth-order valence-corrected chi connectivity index (χ4v) is 2.51. The zero-order valence-corrected chi connectivity index (χ0v) is 12.4. The lowest BCUT2D eigenvalue weighted by molar-refractivity contribution is 0.522. The Morgan fingerprint density at radius 3 is 2.20 bits per heavy atom. The summed E-state index contributed by atoms with van der Waals surface area (Å²) in [5.41, 5.74) is 8.29. The molecule has 2 nitrogen and oxygen atoms in total. The first kappa shape index (κ1) is 14.8. The quantitative estimate of drug-likeness (QED) is 0.624. The van der Waals surface area contributed by atoms with Crippen LogP contribution in [0.25, 0.3) is 0 Å². The average Bonchev–Trinajstić information content (AvgIpc) is 2.47. The van der Waals surface area contributed by atoms with Crippen LogP contribution in [0.5, 0.6) is 0 Å². The van der Waals surface area contributed by atoms with Crippen molar-refractivity contribution in [3.8, 4) is 0 Å². The largest absolute Gasteiger partial charge is 0.271 e. The van der Waals surface area contributed by atoms with Gasteiger partial charge in [0.2, 0.25) is 0 Å². The molecule has 0 saturated heterocycles. The molecule has 0 aromatic heterocycles. The van der Waals surface area contributed by atoms with Gasteiger partial charge in [0.25, 0.3) is 0 Å². The molecule has 3 N–H and O–H groups in total. The highest BCUT2D eigenvalue weighted by atomic mass is 15.2. The smallest absolute Gasteiger partial charge is 0.0291 e. The summed E-state index contributed by atoms with van der Waals surface area (Å²) in [5, 5.41) is 0. The van der Waals surface area contributed by atoms with Gasteiger partial charge in [-0.05, 0) is 42.9 Å². The fraction of sp³-hybridized carbons (Fsp3) is 0.333. The van der Waals surface area contributed by atoms with Crippen LogP contribution in [0.2, 0.25) is 0 Å². The Morgan fingerprint density at radius 1 is 0.950 bits per heavy atom. The van der Waals surface area contributed by atoms with E-state index < -0.39 is 0 Å². The number of rotatable bonds is 6. The zero-order chi connectivity index (χ0) is 14.4. The zero-order valence-electron chi connectivity index (χ0n) is 12.4. The summed E-state index contributed by atoms with van der Waals surface area (Å²) in [6, 6.07) is 17.7. The SMILES string of the molecule is CCc1ccc(CC(Cc2cccc(C)c2)NN)cc1. The maximum atomic E-state index is 5.71. The minimum absolute atomic E-state index is 0.268. The van der Waals surface area contributed by atoms with E-state index in [0.717, 1.165) is 19.3 Å². The van der Waals surface area contributed by atoms with Crippen molar-refractivity contribution in [2.45, 2.75) is 39.2 Å². The van der Waals surface area contributed by atoms with Crippen molar-refractivity contribution in [1.82, 2.24) is 5.43 Å². The van der Waals surface area contributed by atoms with Gasteiger partial charge in [-0.3, -0.25) is 11.3 Å². The molecule has 106 valence electrons. The predicted molar refractivity (Wildman–Crippen MR) is 85.5 cm³/mol. The van der Waals surface area contributed by atoms with E-state index in [0.29, 0.717) is 0 Å². The molecule has 1 unspecified atom stereocenters. The third kappa shape index (κ3) is 4.19. The van der Waals surface area contributed by atoms with E-state index in [9.17, 15) is 0 Å². The summed E-state index contributed by atoms with van der Waals surface area (Å²) < 4.78 is 0. The van der Waals surface area contributed by atoms with Crippen LogP contribution < -0.4 is 11.3 Å². The third-order valence-electron chi connectivity index (χ3n) is 3.71. The molecule has 0 aliphatic heterocycles. The van der Waals surface area contributed by atoms with E-state index >= 15 is 0 Å². The molecule has 0 aliphatic carbocycles. The van der Waals surface area contributed by atoms with Gasteiger partial charge in [0, 0.05) is 6.04 Å². The molecular formula is C18H24N2. The topological polar surface area (TPSA) is 38.0 Å². The van der Waals surface area contributed by atoms with Gasteiger partial charge in [-0.15, -0.1) is 0 Å². The maximum Gasteiger partial charge on any atom is 0.0291 e.